The van der Waals surface area contributed by atoms with Crippen molar-refractivity contribution in [3.63, 3.8) is 0 Å². The molecule has 0 saturated carbocycles. The fraction of sp³-hybridized carbons (Fsp3) is 0.167. The Hall–Kier alpha value is -2.67. The average Bonchev–Trinajstić information content (AvgIpc) is 3.00. The Morgan fingerprint density at radius 1 is 1.28 bits per heavy atom. The number of para-hydroxylation sites is 1. The van der Waals surface area contributed by atoms with Crippen LogP contribution < -0.4 is 10.3 Å². The van der Waals surface area contributed by atoms with Crippen LogP contribution in [-0.2, 0) is 9.59 Å². The lowest BCUT2D eigenvalue weighted by Gasteiger charge is -2.16. The summed E-state index contributed by atoms with van der Waals surface area (Å²) >= 11 is 3.30. The Bertz CT molecular complexity index is 824. The van der Waals surface area contributed by atoms with Gasteiger partial charge in [0.2, 0.25) is 11.8 Å². The number of anilines is 1. The van der Waals surface area contributed by atoms with Gasteiger partial charge in [0.05, 0.1) is 12.1 Å². The minimum atomic E-state index is -0.457. The molecule has 1 aliphatic rings. The maximum atomic E-state index is 12.2. The molecule has 6 nitrogen and oxygen atoms in total. The van der Waals surface area contributed by atoms with Gasteiger partial charge in [-0.3, -0.25) is 9.59 Å². The summed E-state index contributed by atoms with van der Waals surface area (Å²) in [6, 6.07) is 14.2. The molecule has 25 heavy (non-hydrogen) atoms. The van der Waals surface area contributed by atoms with Gasteiger partial charge in [0.25, 0.3) is 0 Å². The first-order chi connectivity index (χ1) is 12.0. The van der Waals surface area contributed by atoms with Gasteiger partial charge in [0.1, 0.15) is 5.75 Å². The van der Waals surface area contributed by atoms with E-state index in [1.165, 1.54) is 12.3 Å². The highest BCUT2D eigenvalue weighted by Gasteiger charge is 2.34. The van der Waals surface area contributed by atoms with Gasteiger partial charge in [-0.05, 0) is 30.3 Å². The Labute approximate surface area is 153 Å². The molecule has 1 fully saturated rings. The first kappa shape index (κ1) is 17.2. The number of hydrogen-bond donors (Lipinski definition) is 2. The molecule has 1 heterocycles. The summed E-state index contributed by atoms with van der Waals surface area (Å²) in [5.41, 5.74) is 3.70. The smallest absolute Gasteiger partial charge is 0.245 e. The second-order valence-corrected chi connectivity index (χ2v) is 6.59. The molecule has 1 aliphatic heterocycles. The van der Waals surface area contributed by atoms with Crippen molar-refractivity contribution in [2.24, 2.45) is 11.0 Å². The van der Waals surface area contributed by atoms with Gasteiger partial charge in [-0.1, -0.05) is 34.1 Å². The Morgan fingerprint density at radius 3 is 2.80 bits per heavy atom. The van der Waals surface area contributed by atoms with E-state index >= 15 is 0 Å². The van der Waals surface area contributed by atoms with E-state index in [0.29, 0.717) is 12.1 Å². The second kappa shape index (κ2) is 7.48. The third-order valence-corrected chi connectivity index (χ3v) is 4.42. The summed E-state index contributed by atoms with van der Waals surface area (Å²) in [4.78, 5) is 26.0. The molecule has 128 valence electrons. The lowest BCUT2D eigenvalue weighted by atomic mass is 10.1. The van der Waals surface area contributed by atoms with Crippen LogP contribution in [0.2, 0.25) is 0 Å². The van der Waals surface area contributed by atoms with E-state index in [4.69, 9.17) is 0 Å². The van der Waals surface area contributed by atoms with Crippen LogP contribution in [0.4, 0.5) is 5.69 Å². The minimum absolute atomic E-state index is 0.0625. The third-order valence-electron chi connectivity index (χ3n) is 3.93. The molecule has 2 amide bonds. The largest absolute Gasteiger partial charge is 0.507 e. The predicted molar refractivity (Wildman–Crippen MR) is 98.4 cm³/mol. The van der Waals surface area contributed by atoms with Crippen molar-refractivity contribution < 1.29 is 14.7 Å². The Morgan fingerprint density at radius 2 is 2.04 bits per heavy atom. The van der Waals surface area contributed by atoms with Crippen molar-refractivity contribution in [2.45, 2.75) is 6.42 Å². The maximum Gasteiger partial charge on any atom is 0.245 e. The number of rotatable bonds is 4. The molecular weight excluding hydrogens is 386 g/mol. The number of hydrogen-bond acceptors (Lipinski definition) is 4. The first-order valence-corrected chi connectivity index (χ1v) is 8.51. The van der Waals surface area contributed by atoms with Crippen molar-refractivity contribution in [3.8, 4) is 5.75 Å². The number of nitrogens with zero attached hydrogens (tertiary/aromatic N) is 2. The zero-order valence-corrected chi connectivity index (χ0v) is 14.8. The first-order valence-electron chi connectivity index (χ1n) is 7.71. The molecule has 0 bridgehead atoms. The highest BCUT2D eigenvalue weighted by Crippen LogP contribution is 2.25. The highest BCUT2D eigenvalue weighted by molar-refractivity contribution is 9.10. The van der Waals surface area contributed by atoms with Crippen LogP contribution in [0.5, 0.6) is 5.75 Å². The summed E-state index contributed by atoms with van der Waals surface area (Å²) in [7, 11) is 0. The van der Waals surface area contributed by atoms with Crippen LogP contribution in [0.1, 0.15) is 12.0 Å². The molecule has 2 aromatic carbocycles. The SMILES string of the molecule is O=C(N/N=C\c1cc(Br)ccc1O)[C@H]1CC(=O)N(c2ccccc2)C1. The van der Waals surface area contributed by atoms with Crippen LogP contribution >= 0.6 is 15.9 Å². The molecule has 0 aromatic heterocycles. The molecule has 2 aromatic rings. The zero-order chi connectivity index (χ0) is 17.8. The minimum Gasteiger partial charge on any atom is -0.507 e. The third kappa shape index (κ3) is 4.06. The number of phenols is 1. The van der Waals surface area contributed by atoms with Crippen LogP contribution in [-0.4, -0.2) is 29.7 Å². The lowest BCUT2D eigenvalue weighted by Crippen LogP contribution is -2.30. The van der Waals surface area contributed by atoms with Gasteiger partial charge in [0.15, 0.2) is 0 Å². The number of aromatic hydroxyl groups is 1. The van der Waals surface area contributed by atoms with E-state index in [1.54, 1.807) is 17.0 Å². The molecule has 3 rings (SSSR count). The fourth-order valence-electron chi connectivity index (χ4n) is 2.63. The van der Waals surface area contributed by atoms with E-state index < -0.39 is 5.92 Å². The van der Waals surface area contributed by atoms with Crippen LogP contribution in [0.3, 0.4) is 0 Å². The van der Waals surface area contributed by atoms with E-state index in [0.717, 1.165) is 10.2 Å². The van der Waals surface area contributed by atoms with Gasteiger partial charge in [-0.2, -0.15) is 5.10 Å². The molecule has 2 N–H and O–H groups in total. The van der Waals surface area contributed by atoms with Crippen LogP contribution in [0.15, 0.2) is 58.1 Å². The molecule has 1 saturated heterocycles. The second-order valence-electron chi connectivity index (χ2n) is 5.68. The number of amides is 2. The highest BCUT2D eigenvalue weighted by atomic mass is 79.9. The van der Waals surface area contributed by atoms with E-state index in [1.807, 2.05) is 30.3 Å². The molecule has 0 radical (unpaired) electrons. The van der Waals surface area contributed by atoms with Gasteiger partial charge < -0.3 is 10.0 Å². The molecule has 0 spiro atoms. The van der Waals surface area contributed by atoms with Crippen molar-refractivity contribution in [2.75, 3.05) is 11.4 Å². The van der Waals surface area contributed by atoms with Gasteiger partial charge in [-0.25, -0.2) is 5.43 Å². The van der Waals surface area contributed by atoms with Gasteiger partial charge >= 0.3 is 0 Å². The van der Waals surface area contributed by atoms with Crippen LogP contribution in [0.25, 0.3) is 0 Å². The summed E-state index contributed by atoms with van der Waals surface area (Å²) in [5.74, 6) is -0.800. The monoisotopic (exact) mass is 401 g/mol. The maximum absolute atomic E-state index is 12.2. The lowest BCUT2D eigenvalue weighted by molar-refractivity contribution is -0.126. The predicted octanol–water partition coefficient (Wildman–Crippen LogP) is 2.66. The number of halogens is 1. The number of benzene rings is 2. The number of nitrogens with one attached hydrogen (secondary N) is 1. The van der Waals surface area contributed by atoms with E-state index in [2.05, 4.69) is 26.5 Å². The molecule has 7 heteroatoms. The Balaban J connectivity index is 1.62. The van der Waals surface area contributed by atoms with Crippen molar-refractivity contribution >= 4 is 39.6 Å². The van der Waals surface area contributed by atoms with E-state index in [-0.39, 0.29) is 24.0 Å². The number of carbonyl (C=O) groups is 2. The van der Waals surface area contributed by atoms with Crippen molar-refractivity contribution in [1.29, 1.82) is 0 Å². The molecule has 1 atom stereocenters. The number of hydrazone groups is 1. The average molecular weight is 402 g/mol. The fourth-order valence-corrected chi connectivity index (χ4v) is 3.00. The number of carbonyl (C=O) groups excluding carboxylic acids is 2. The molecule has 0 unspecified atom stereocenters. The zero-order valence-electron chi connectivity index (χ0n) is 13.2. The van der Waals surface area contributed by atoms with Crippen LogP contribution in [0, 0.1) is 5.92 Å². The summed E-state index contributed by atoms with van der Waals surface area (Å²) in [6.07, 6.45) is 1.52. The topological polar surface area (TPSA) is 82.0 Å². The van der Waals surface area contributed by atoms with Gasteiger partial charge in [0, 0.05) is 28.7 Å². The summed E-state index contributed by atoms with van der Waals surface area (Å²) in [5, 5.41) is 13.6. The molecule has 0 aliphatic carbocycles. The summed E-state index contributed by atoms with van der Waals surface area (Å²) in [6.45, 7) is 0.326. The van der Waals surface area contributed by atoms with Crippen molar-refractivity contribution in [3.05, 3.63) is 58.6 Å². The molecular formula is C18H16BrN3O3. The quantitative estimate of drug-likeness (QED) is 0.610. The van der Waals surface area contributed by atoms with Crippen molar-refractivity contribution in [1.82, 2.24) is 5.43 Å². The number of phenolic OH excluding ortho intramolecular Hbond substituents is 1. The van der Waals surface area contributed by atoms with E-state index in [9.17, 15) is 14.7 Å². The van der Waals surface area contributed by atoms with Gasteiger partial charge in [-0.15, -0.1) is 0 Å². The normalized spacial score (nSPS) is 17.2. The standard InChI is InChI=1S/C18H16BrN3O3/c19-14-6-7-16(23)12(8-14)10-20-21-18(25)13-9-17(24)22(11-13)15-4-2-1-3-5-15/h1-8,10,13,23H,9,11H2,(H,21,25)/b20-10-/t13-/m0/s1. The summed E-state index contributed by atoms with van der Waals surface area (Å²) < 4.78 is 0.790. The Kier molecular flexibility index (Phi) is 5.14.